The highest BCUT2D eigenvalue weighted by molar-refractivity contribution is 6.65. The third-order valence-electron chi connectivity index (χ3n) is 5.19. The fourth-order valence-electron chi connectivity index (χ4n) is 3.91. The van der Waals surface area contributed by atoms with Gasteiger partial charge in [0.2, 0.25) is 0 Å². The molecule has 0 radical (unpaired) electrons. The van der Waals surface area contributed by atoms with Crippen LogP contribution < -0.4 is 0 Å². The Labute approximate surface area is 221 Å². The Morgan fingerprint density at radius 3 is 2.00 bits per heavy atom. The highest BCUT2D eigenvalue weighted by Gasteiger charge is 2.35. The van der Waals surface area contributed by atoms with Crippen LogP contribution in [0, 0.1) is 11.3 Å². The number of carbonyl (C=O) groups excluding carboxylic acids is 2. The van der Waals surface area contributed by atoms with E-state index in [1.165, 1.54) is 19.3 Å². The molecule has 1 aliphatic carbocycles. The van der Waals surface area contributed by atoms with E-state index in [-0.39, 0.29) is 30.0 Å². The molecule has 0 unspecified atom stereocenters. The SMILES string of the molecule is CC(C)(C)CC1CC(c2cc(CCC(=O)OC(C)(C)C)no2)C1.CC(C)(C)OC(=O)CC/C(Cl)=N/O. The summed E-state index contributed by atoms with van der Waals surface area (Å²) in [7, 11) is 0. The van der Waals surface area contributed by atoms with Crippen LogP contribution in [0.25, 0.3) is 0 Å². The van der Waals surface area contributed by atoms with Gasteiger partial charge < -0.3 is 19.2 Å². The van der Waals surface area contributed by atoms with Crippen LogP contribution in [0.15, 0.2) is 15.7 Å². The number of esters is 2. The van der Waals surface area contributed by atoms with Gasteiger partial charge in [-0.3, -0.25) is 9.59 Å². The minimum atomic E-state index is -0.486. The van der Waals surface area contributed by atoms with Crippen LogP contribution in [0.1, 0.15) is 118 Å². The van der Waals surface area contributed by atoms with Crippen LogP contribution >= 0.6 is 11.6 Å². The number of carbonyl (C=O) groups is 2. The molecule has 1 aromatic heterocycles. The molecule has 0 atom stereocenters. The van der Waals surface area contributed by atoms with E-state index in [1.807, 2.05) is 26.8 Å². The zero-order chi connectivity index (χ0) is 27.7. The fourth-order valence-corrected chi connectivity index (χ4v) is 4.00. The number of oxime groups is 1. The van der Waals surface area contributed by atoms with Crippen molar-refractivity contribution in [2.24, 2.45) is 16.5 Å². The Morgan fingerprint density at radius 2 is 1.53 bits per heavy atom. The summed E-state index contributed by atoms with van der Waals surface area (Å²) in [6.07, 6.45) is 4.91. The molecule has 9 heteroatoms. The molecule has 0 bridgehead atoms. The highest BCUT2D eigenvalue weighted by Crippen LogP contribution is 2.46. The van der Waals surface area contributed by atoms with Crippen molar-refractivity contribution in [3.63, 3.8) is 0 Å². The molecule has 0 amide bonds. The molecule has 1 fully saturated rings. The summed E-state index contributed by atoms with van der Waals surface area (Å²) >= 11 is 5.37. The molecule has 0 spiro atoms. The Kier molecular flexibility index (Phi) is 11.9. The van der Waals surface area contributed by atoms with E-state index >= 15 is 0 Å². The normalized spacial score (nSPS) is 18.6. The van der Waals surface area contributed by atoms with Gasteiger partial charge in [0.1, 0.15) is 22.1 Å². The lowest BCUT2D eigenvalue weighted by atomic mass is 9.67. The van der Waals surface area contributed by atoms with Crippen molar-refractivity contribution >= 4 is 28.7 Å². The predicted molar refractivity (Wildman–Crippen MR) is 140 cm³/mol. The first kappa shape index (κ1) is 31.9. The van der Waals surface area contributed by atoms with Crippen LogP contribution in [-0.2, 0) is 25.5 Å². The van der Waals surface area contributed by atoms with Gasteiger partial charge in [-0.15, -0.1) is 0 Å². The molecule has 2 rings (SSSR count). The van der Waals surface area contributed by atoms with Gasteiger partial charge in [-0.2, -0.15) is 0 Å². The van der Waals surface area contributed by atoms with Gasteiger partial charge in [-0.25, -0.2) is 0 Å². The Morgan fingerprint density at radius 1 is 1.00 bits per heavy atom. The first-order valence-corrected chi connectivity index (χ1v) is 13.0. The van der Waals surface area contributed by atoms with Crippen LogP contribution in [0.4, 0.5) is 0 Å². The number of nitrogens with zero attached hydrogens (tertiary/aromatic N) is 2. The van der Waals surface area contributed by atoms with Gasteiger partial charge in [0.25, 0.3) is 0 Å². The van der Waals surface area contributed by atoms with Gasteiger partial charge in [-0.1, -0.05) is 42.7 Å². The van der Waals surface area contributed by atoms with Crippen molar-refractivity contribution in [3.8, 4) is 0 Å². The van der Waals surface area contributed by atoms with Crippen LogP contribution in [0.3, 0.4) is 0 Å². The zero-order valence-electron chi connectivity index (χ0n) is 23.4. The topological polar surface area (TPSA) is 111 Å². The summed E-state index contributed by atoms with van der Waals surface area (Å²) in [6, 6.07) is 2.02. The number of aromatic nitrogens is 1. The standard InChI is InChI=1S/C19H31NO3.C8H14ClNO3/c1-18(2,3)12-13-9-14(10-13)16-11-15(20-23-16)7-8-17(21)22-19(4,5)6;1-8(2,3)13-7(11)5-4-6(9)10-12/h11,13-14H,7-10,12H2,1-6H3;12H,4-5H2,1-3H3/b;10-6-. The van der Waals surface area contributed by atoms with E-state index in [1.54, 1.807) is 20.8 Å². The largest absolute Gasteiger partial charge is 0.460 e. The van der Waals surface area contributed by atoms with Crippen LogP contribution in [0.5, 0.6) is 0 Å². The van der Waals surface area contributed by atoms with E-state index in [2.05, 4.69) is 31.1 Å². The predicted octanol–water partition coefficient (Wildman–Crippen LogP) is 7.01. The third kappa shape index (κ3) is 14.5. The molecule has 206 valence electrons. The van der Waals surface area contributed by atoms with Gasteiger partial charge >= 0.3 is 11.9 Å². The lowest BCUT2D eigenvalue weighted by Crippen LogP contribution is -2.25. The van der Waals surface area contributed by atoms with Crippen molar-refractivity contribution in [2.45, 2.75) is 124 Å². The van der Waals surface area contributed by atoms with Gasteiger partial charge in [0, 0.05) is 24.8 Å². The average Bonchev–Trinajstić information content (AvgIpc) is 3.12. The molecule has 1 N–H and O–H groups in total. The second-order valence-electron chi connectivity index (χ2n) is 12.7. The molecule has 1 heterocycles. The zero-order valence-corrected chi connectivity index (χ0v) is 24.2. The second-order valence-corrected chi connectivity index (χ2v) is 13.1. The molecule has 1 aromatic rings. The smallest absolute Gasteiger partial charge is 0.306 e. The number of rotatable bonds is 8. The lowest BCUT2D eigenvalue weighted by molar-refractivity contribution is -0.155. The van der Waals surface area contributed by atoms with Crippen molar-refractivity contribution in [3.05, 3.63) is 17.5 Å². The van der Waals surface area contributed by atoms with Crippen molar-refractivity contribution in [1.29, 1.82) is 0 Å². The number of halogens is 1. The average molecular weight is 529 g/mol. The maximum Gasteiger partial charge on any atom is 0.306 e. The quantitative estimate of drug-likeness (QED) is 0.167. The van der Waals surface area contributed by atoms with Gasteiger partial charge in [0.15, 0.2) is 0 Å². The van der Waals surface area contributed by atoms with E-state index in [9.17, 15) is 9.59 Å². The molecule has 0 aromatic carbocycles. The minimum absolute atomic E-state index is 0.00543. The molecule has 1 saturated carbocycles. The van der Waals surface area contributed by atoms with E-state index in [4.69, 9.17) is 30.8 Å². The summed E-state index contributed by atoms with van der Waals surface area (Å²) in [4.78, 5) is 22.8. The molecular formula is C27H45ClN2O6. The number of aryl methyl sites for hydroxylation is 1. The molecule has 0 aliphatic heterocycles. The summed E-state index contributed by atoms with van der Waals surface area (Å²) in [5.41, 5.74) is 0.334. The molecule has 1 aliphatic rings. The summed E-state index contributed by atoms with van der Waals surface area (Å²) in [6.45, 7) is 17.9. The lowest BCUT2D eigenvalue weighted by Gasteiger charge is -2.37. The Bertz CT molecular complexity index is 868. The monoisotopic (exact) mass is 528 g/mol. The van der Waals surface area contributed by atoms with Crippen molar-refractivity contribution in [1.82, 2.24) is 5.16 Å². The second kappa shape index (κ2) is 13.5. The Hall–Kier alpha value is -2.09. The maximum absolute atomic E-state index is 11.7. The molecule has 36 heavy (non-hydrogen) atoms. The van der Waals surface area contributed by atoms with Crippen LogP contribution in [-0.4, -0.2) is 38.7 Å². The molecular weight excluding hydrogens is 484 g/mol. The van der Waals surface area contributed by atoms with Crippen LogP contribution in [0.2, 0.25) is 0 Å². The summed E-state index contributed by atoms with van der Waals surface area (Å²) in [5.74, 6) is 1.75. The summed E-state index contributed by atoms with van der Waals surface area (Å²) in [5, 5.41) is 15.0. The minimum Gasteiger partial charge on any atom is -0.460 e. The van der Waals surface area contributed by atoms with E-state index in [0.717, 1.165) is 17.4 Å². The summed E-state index contributed by atoms with van der Waals surface area (Å²) < 4.78 is 15.8. The number of hydrogen-bond acceptors (Lipinski definition) is 8. The van der Waals surface area contributed by atoms with Gasteiger partial charge in [-0.05, 0) is 72.1 Å². The fraction of sp³-hybridized carbons (Fsp3) is 0.778. The van der Waals surface area contributed by atoms with E-state index in [0.29, 0.717) is 24.2 Å². The third-order valence-corrected chi connectivity index (χ3v) is 5.45. The van der Waals surface area contributed by atoms with Crippen molar-refractivity contribution < 1.29 is 28.8 Å². The van der Waals surface area contributed by atoms with Gasteiger partial charge in [0.05, 0.1) is 18.5 Å². The molecule has 0 saturated heterocycles. The first-order chi connectivity index (χ1) is 16.4. The van der Waals surface area contributed by atoms with E-state index < -0.39 is 11.2 Å². The molecule has 8 nitrogen and oxygen atoms in total. The Balaban J connectivity index is 0.000000426. The maximum atomic E-state index is 11.7. The van der Waals surface area contributed by atoms with Crippen molar-refractivity contribution in [2.75, 3.05) is 0 Å². The number of hydrogen-bond donors (Lipinski definition) is 1. The first-order valence-electron chi connectivity index (χ1n) is 12.6. The highest BCUT2D eigenvalue weighted by atomic mass is 35.5. The number of ether oxygens (including phenoxy) is 2.